The van der Waals surface area contributed by atoms with Crippen molar-refractivity contribution in [2.24, 2.45) is 0 Å². The maximum Gasteiger partial charge on any atom is 0.225 e. The lowest BCUT2D eigenvalue weighted by molar-refractivity contribution is 0.281. The van der Waals surface area contributed by atoms with Crippen LogP contribution in [0.15, 0.2) is 48.5 Å². The first-order chi connectivity index (χ1) is 13.0. The molecule has 1 heterocycles. The fourth-order valence-corrected chi connectivity index (χ4v) is 2.39. The molecule has 140 valence electrons. The summed E-state index contributed by atoms with van der Waals surface area (Å²) in [5.41, 5.74) is 0.752. The molecule has 0 saturated carbocycles. The molecular weight excluding hydrogens is 357 g/mol. The van der Waals surface area contributed by atoms with Crippen LogP contribution in [0.2, 0.25) is 0 Å². The number of benzene rings is 2. The molecule has 0 radical (unpaired) electrons. The van der Waals surface area contributed by atoms with Crippen LogP contribution in [-0.4, -0.2) is 27.7 Å². The lowest BCUT2D eigenvalue weighted by Crippen LogP contribution is -2.21. The van der Waals surface area contributed by atoms with Crippen LogP contribution in [0.3, 0.4) is 0 Å². The van der Waals surface area contributed by atoms with E-state index in [0.29, 0.717) is 17.8 Å². The number of hydrogen-bond donors (Lipinski definition) is 3. The van der Waals surface area contributed by atoms with Crippen LogP contribution < -0.4 is 10.6 Å². The molecule has 0 spiro atoms. The largest absolute Gasteiger partial charge is 0.394 e. The number of aliphatic hydroxyl groups is 1. The first-order valence-electron chi connectivity index (χ1n) is 8.19. The van der Waals surface area contributed by atoms with Crippen molar-refractivity contribution in [1.82, 2.24) is 9.97 Å². The Morgan fingerprint density at radius 3 is 2.30 bits per heavy atom. The second-order valence-electron chi connectivity index (χ2n) is 5.93. The molecule has 27 heavy (non-hydrogen) atoms. The first kappa shape index (κ1) is 18.7. The van der Waals surface area contributed by atoms with Crippen molar-refractivity contribution in [3.63, 3.8) is 0 Å². The highest BCUT2D eigenvalue weighted by molar-refractivity contribution is 5.67. The van der Waals surface area contributed by atoms with Gasteiger partial charge in [0.25, 0.3) is 0 Å². The van der Waals surface area contributed by atoms with Gasteiger partial charge in [0.15, 0.2) is 11.6 Å². The third-order valence-electron chi connectivity index (χ3n) is 3.71. The molecule has 0 bridgehead atoms. The van der Waals surface area contributed by atoms with E-state index in [9.17, 15) is 18.3 Å². The molecule has 0 aliphatic carbocycles. The van der Waals surface area contributed by atoms with Crippen molar-refractivity contribution < 1.29 is 18.3 Å². The minimum atomic E-state index is -1.08. The minimum absolute atomic E-state index is 0.112. The van der Waals surface area contributed by atoms with Gasteiger partial charge in [-0.05, 0) is 6.92 Å². The van der Waals surface area contributed by atoms with Gasteiger partial charge in [-0.3, -0.25) is 0 Å². The zero-order valence-corrected chi connectivity index (χ0v) is 14.4. The molecule has 3 N–H and O–H groups in total. The Hall–Kier alpha value is -3.13. The van der Waals surface area contributed by atoms with Gasteiger partial charge in [0.2, 0.25) is 5.95 Å². The molecule has 0 fully saturated rings. The molecule has 0 saturated heterocycles. The Kier molecular flexibility index (Phi) is 5.56. The van der Waals surface area contributed by atoms with Crippen molar-refractivity contribution in [1.29, 1.82) is 0 Å². The Bertz CT molecular complexity index is 914. The highest BCUT2D eigenvalue weighted by Crippen LogP contribution is 2.27. The van der Waals surface area contributed by atoms with Gasteiger partial charge in [0, 0.05) is 29.8 Å². The van der Waals surface area contributed by atoms with Gasteiger partial charge >= 0.3 is 0 Å². The molecule has 3 aromatic rings. The number of aromatic nitrogens is 2. The van der Waals surface area contributed by atoms with Crippen LogP contribution in [0.1, 0.15) is 6.92 Å². The van der Waals surface area contributed by atoms with Gasteiger partial charge in [-0.1, -0.05) is 30.3 Å². The molecule has 5 nitrogen and oxygen atoms in total. The van der Waals surface area contributed by atoms with E-state index in [4.69, 9.17) is 0 Å². The predicted molar refractivity (Wildman–Crippen MR) is 97.2 cm³/mol. The number of aliphatic hydroxyl groups excluding tert-OH is 1. The summed E-state index contributed by atoms with van der Waals surface area (Å²) >= 11 is 0. The van der Waals surface area contributed by atoms with E-state index in [1.807, 2.05) is 30.3 Å². The van der Waals surface area contributed by atoms with Crippen molar-refractivity contribution in [3.05, 3.63) is 66.0 Å². The number of nitrogens with one attached hydrogen (secondary N) is 2. The summed E-state index contributed by atoms with van der Waals surface area (Å²) in [6, 6.07) is 11.5. The van der Waals surface area contributed by atoms with Gasteiger partial charge in [-0.15, -0.1) is 0 Å². The average molecular weight is 374 g/mol. The Morgan fingerprint density at radius 1 is 1.00 bits per heavy atom. The van der Waals surface area contributed by atoms with Gasteiger partial charge in [-0.2, -0.15) is 4.98 Å². The van der Waals surface area contributed by atoms with Crippen molar-refractivity contribution in [2.75, 3.05) is 17.2 Å². The van der Waals surface area contributed by atoms with Crippen LogP contribution in [0.5, 0.6) is 0 Å². The number of halogens is 3. The molecule has 8 heteroatoms. The van der Waals surface area contributed by atoms with E-state index in [1.165, 1.54) is 6.07 Å². The molecule has 1 atom stereocenters. The normalized spacial score (nSPS) is 11.9. The van der Waals surface area contributed by atoms with E-state index in [-0.39, 0.29) is 24.4 Å². The standard InChI is InChI=1S/C19H17F3N4O/c1-11(10-27)23-19-24-16(12-5-3-2-4-6-12)9-17(26-19)25-18-14(21)7-13(20)8-15(18)22/h2-9,11,27H,10H2,1H3,(H2,23,24,25,26)/t11-/m0/s1. The minimum Gasteiger partial charge on any atom is -0.394 e. The summed E-state index contributed by atoms with van der Waals surface area (Å²) < 4.78 is 41.0. The van der Waals surface area contributed by atoms with E-state index in [2.05, 4.69) is 20.6 Å². The van der Waals surface area contributed by atoms with Gasteiger partial charge in [-0.25, -0.2) is 18.2 Å². The van der Waals surface area contributed by atoms with E-state index in [0.717, 1.165) is 5.56 Å². The zero-order valence-electron chi connectivity index (χ0n) is 14.4. The number of anilines is 3. The molecule has 0 aliphatic heterocycles. The maximum absolute atomic E-state index is 14.0. The summed E-state index contributed by atoms with van der Waals surface area (Å²) in [5.74, 6) is -2.89. The third-order valence-corrected chi connectivity index (χ3v) is 3.71. The van der Waals surface area contributed by atoms with Crippen LogP contribution in [-0.2, 0) is 0 Å². The quantitative estimate of drug-likeness (QED) is 0.606. The highest BCUT2D eigenvalue weighted by atomic mass is 19.1. The first-order valence-corrected chi connectivity index (χ1v) is 8.19. The number of hydrogen-bond acceptors (Lipinski definition) is 5. The molecule has 2 aromatic carbocycles. The monoisotopic (exact) mass is 374 g/mol. The topological polar surface area (TPSA) is 70.1 Å². The zero-order chi connectivity index (χ0) is 19.4. The van der Waals surface area contributed by atoms with Gasteiger partial charge < -0.3 is 15.7 Å². The lowest BCUT2D eigenvalue weighted by atomic mass is 10.1. The summed E-state index contributed by atoms with van der Waals surface area (Å²) in [6.45, 7) is 1.58. The Balaban J connectivity index is 2.02. The lowest BCUT2D eigenvalue weighted by Gasteiger charge is -2.15. The molecular formula is C19H17F3N4O. The molecule has 1 aromatic heterocycles. The summed E-state index contributed by atoms with van der Waals surface area (Å²) in [4.78, 5) is 8.55. The van der Waals surface area contributed by atoms with Crippen LogP contribution >= 0.6 is 0 Å². The number of nitrogens with zero attached hydrogens (tertiary/aromatic N) is 2. The summed E-state index contributed by atoms with van der Waals surface area (Å²) in [5, 5.41) is 14.7. The molecule has 0 unspecified atom stereocenters. The third kappa shape index (κ3) is 4.53. The van der Waals surface area contributed by atoms with Crippen LogP contribution in [0.4, 0.5) is 30.6 Å². The van der Waals surface area contributed by atoms with E-state index in [1.54, 1.807) is 6.92 Å². The molecule has 0 aliphatic rings. The summed E-state index contributed by atoms with van der Waals surface area (Å²) in [6.07, 6.45) is 0. The smallest absolute Gasteiger partial charge is 0.225 e. The van der Waals surface area contributed by atoms with Gasteiger partial charge in [0.1, 0.15) is 17.3 Å². The Labute approximate surface area is 153 Å². The highest BCUT2D eigenvalue weighted by Gasteiger charge is 2.15. The maximum atomic E-state index is 14.0. The fourth-order valence-electron chi connectivity index (χ4n) is 2.39. The second kappa shape index (κ2) is 8.05. The Morgan fingerprint density at radius 2 is 1.67 bits per heavy atom. The van der Waals surface area contributed by atoms with E-state index < -0.39 is 23.1 Å². The van der Waals surface area contributed by atoms with Crippen LogP contribution in [0.25, 0.3) is 11.3 Å². The molecule has 3 rings (SSSR count). The van der Waals surface area contributed by atoms with E-state index >= 15 is 0 Å². The summed E-state index contributed by atoms with van der Waals surface area (Å²) in [7, 11) is 0. The van der Waals surface area contributed by atoms with Crippen molar-refractivity contribution in [2.45, 2.75) is 13.0 Å². The van der Waals surface area contributed by atoms with Crippen LogP contribution in [0, 0.1) is 17.5 Å². The molecule has 0 amide bonds. The second-order valence-corrected chi connectivity index (χ2v) is 5.93. The average Bonchev–Trinajstić information content (AvgIpc) is 2.65. The predicted octanol–water partition coefficient (Wildman–Crippen LogP) is 4.10. The number of rotatable bonds is 6. The fraction of sp³-hybridized carbons (Fsp3) is 0.158. The van der Waals surface area contributed by atoms with Crippen molar-refractivity contribution >= 4 is 17.5 Å². The van der Waals surface area contributed by atoms with Gasteiger partial charge in [0.05, 0.1) is 12.3 Å². The SMILES string of the molecule is C[C@@H](CO)Nc1nc(Nc2c(F)cc(F)cc2F)cc(-c2ccccc2)n1. The van der Waals surface area contributed by atoms with Crippen molar-refractivity contribution in [3.8, 4) is 11.3 Å².